The number of fused-ring (bicyclic) bond motifs is 1. The molecule has 0 saturated heterocycles. The summed E-state index contributed by atoms with van der Waals surface area (Å²) in [5.41, 5.74) is -0.672. The maximum absolute atomic E-state index is 13.2. The highest BCUT2D eigenvalue weighted by Crippen LogP contribution is 2.40. The first-order valence-electron chi connectivity index (χ1n) is 6.14. The van der Waals surface area contributed by atoms with Gasteiger partial charge in [0.2, 0.25) is 0 Å². The van der Waals surface area contributed by atoms with E-state index in [2.05, 4.69) is 5.16 Å². The Kier molecular flexibility index (Phi) is 2.98. The van der Waals surface area contributed by atoms with Gasteiger partial charge < -0.3 is 14.2 Å². The highest BCUT2D eigenvalue weighted by molar-refractivity contribution is 5.98. The Morgan fingerprint density at radius 1 is 1.36 bits per heavy atom. The van der Waals surface area contributed by atoms with E-state index in [0.29, 0.717) is 5.52 Å². The van der Waals surface area contributed by atoms with Gasteiger partial charge in [-0.1, -0.05) is 11.2 Å². The minimum absolute atomic E-state index is 0.0281. The van der Waals surface area contributed by atoms with E-state index in [-0.39, 0.29) is 22.4 Å². The van der Waals surface area contributed by atoms with E-state index < -0.39 is 17.7 Å². The molecule has 22 heavy (non-hydrogen) atoms. The van der Waals surface area contributed by atoms with Crippen molar-refractivity contribution in [1.29, 1.82) is 0 Å². The number of aromatic carboxylic acids is 1. The summed E-state index contributed by atoms with van der Waals surface area (Å²) in [5, 5.41) is 12.1. The average molecular weight is 310 g/mol. The van der Waals surface area contributed by atoms with Crippen molar-refractivity contribution >= 4 is 16.9 Å². The summed E-state index contributed by atoms with van der Waals surface area (Å²) in [4.78, 5) is 10.8. The molecule has 5 nitrogen and oxygen atoms in total. The summed E-state index contributed by atoms with van der Waals surface area (Å²) < 4.78 is 46.0. The molecule has 0 atom stereocenters. The molecule has 0 aliphatic rings. The number of carboxylic acid groups (broad SMARTS) is 1. The minimum atomic E-state index is -4.54. The molecule has 1 N–H and O–H groups in total. The molecular weight excluding hydrogens is 301 g/mol. The van der Waals surface area contributed by atoms with Gasteiger partial charge in [-0.15, -0.1) is 0 Å². The molecule has 114 valence electrons. The van der Waals surface area contributed by atoms with Gasteiger partial charge in [0, 0.05) is 35.8 Å². The Morgan fingerprint density at radius 2 is 2.09 bits per heavy atom. The molecule has 3 aromatic rings. The minimum Gasteiger partial charge on any atom is -0.476 e. The molecule has 2 heterocycles. The highest BCUT2D eigenvalue weighted by atomic mass is 19.4. The van der Waals surface area contributed by atoms with Crippen LogP contribution in [0.15, 0.2) is 35.0 Å². The fourth-order valence-electron chi connectivity index (χ4n) is 2.37. The van der Waals surface area contributed by atoms with Crippen LogP contribution >= 0.6 is 0 Å². The maximum atomic E-state index is 13.2. The number of alkyl halides is 3. The van der Waals surface area contributed by atoms with Crippen LogP contribution in [0.25, 0.3) is 22.2 Å². The third-order valence-corrected chi connectivity index (χ3v) is 3.31. The molecule has 0 bridgehead atoms. The van der Waals surface area contributed by atoms with Gasteiger partial charge >= 0.3 is 12.1 Å². The number of benzene rings is 1. The van der Waals surface area contributed by atoms with Crippen molar-refractivity contribution in [2.24, 2.45) is 7.05 Å². The Morgan fingerprint density at radius 3 is 2.68 bits per heavy atom. The standard InChI is InChI=1S/C14H9F3N2O3/c1-19-6-7(11-5-9(13(20)21)18-22-11)12-8(14(15,16)17)3-2-4-10(12)19/h2-6H,1H3,(H,20,21). The highest BCUT2D eigenvalue weighted by Gasteiger charge is 2.34. The van der Waals surface area contributed by atoms with Crippen molar-refractivity contribution in [3.63, 3.8) is 0 Å². The molecule has 2 aromatic heterocycles. The second kappa shape index (κ2) is 4.62. The van der Waals surface area contributed by atoms with Gasteiger partial charge in [0.15, 0.2) is 11.5 Å². The van der Waals surface area contributed by atoms with Gasteiger partial charge in [-0.2, -0.15) is 13.2 Å². The van der Waals surface area contributed by atoms with Gasteiger partial charge in [0.25, 0.3) is 0 Å². The SMILES string of the molecule is Cn1cc(-c2cc(C(=O)O)no2)c2c(C(F)(F)F)cccc21. The van der Waals surface area contributed by atoms with Gasteiger partial charge in [-0.3, -0.25) is 0 Å². The molecule has 0 radical (unpaired) electrons. The van der Waals surface area contributed by atoms with Crippen LogP contribution in [0.2, 0.25) is 0 Å². The number of carboxylic acids is 1. The van der Waals surface area contributed by atoms with E-state index in [4.69, 9.17) is 9.63 Å². The molecule has 3 rings (SSSR count). The maximum Gasteiger partial charge on any atom is 0.417 e. The average Bonchev–Trinajstić information content (AvgIpc) is 3.03. The first-order valence-corrected chi connectivity index (χ1v) is 6.14. The van der Waals surface area contributed by atoms with Crippen molar-refractivity contribution in [2.75, 3.05) is 0 Å². The van der Waals surface area contributed by atoms with Crippen LogP contribution < -0.4 is 0 Å². The first kappa shape index (κ1) is 14.2. The zero-order chi connectivity index (χ0) is 16.1. The molecule has 0 spiro atoms. The third kappa shape index (κ3) is 2.12. The molecular formula is C14H9F3N2O3. The number of halogens is 3. The summed E-state index contributed by atoms with van der Waals surface area (Å²) in [6.45, 7) is 0. The molecule has 1 aromatic carbocycles. The number of hydrogen-bond donors (Lipinski definition) is 1. The summed E-state index contributed by atoms with van der Waals surface area (Å²) in [6, 6.07) is 4.94. The monoisotopic (exact) mass is 310 g/mol. The van der Waals surface area contributed by atoms with Crippen LogP contribution in [-0.4, -0.2) is 20.8 Å². The predicted molar refractivity (Wildman–Crippen MR) is 70.4 cm³/mol. The first-order chi connectivity index (χ1) is 10.3. The molecule has 0 aliphatic carbocycles. The predicted octanol–water partition coefficient (Wildman–Crippen LogP) is 3.55. The number of aryl methyl sites for hydroxylation is 1. The van der Waals surface area contributed by atoms with Crippen molar-refractivity contribution in [1.82, 2.24) is 9.72 Å². The second-order valence-corrected chi connectivity index (χ2v) is 4.73. The van der Waals surface area contributed by atoms with E-state index in [1.807, 2.05) is 0 Å². The van der Waals surface area contributed by atoms with E-state index in [0.717, 1.165) is 12.1 Å². The zero-order valence-corrected chi connectivity index (χ0v) is 11.2. The molecule has 0 saturated carbocycles. The lowest BCUT2D eigenvalue weighted by atomic mass is 10.0. The lowest BCUT2D eigenvalue weighted by molar-refractivity contribution is -0.136. The Bertz CT molecular complexity index is 877. The van der Waals surface area contributed by atoms with Crippen LogP contribution in [0, 0.1) is 0 Å². The lowest BCUT2D eigenvalue weighted by Crippen LogP contribution is -2.05. The van der Waals surface area contributed by atoms with Crippen LogP contribution in [0.1, 0.15) is 16.1 Å². The third-order valence-electron chi connectivity index (χ3n) is 3.31. The van der Waals surface area contributed by atoms with Gasteiger partial charge in [-0.25, -0.2) is 4.79 Å². The Labute approximate surface area is 121 Å². The summed E-state index contributed by atoms with van der Waals surface area (Å²) in [5.74, 6) is -1.34. The number of aromatic nitrogens is 2. The Hall–Kier alpha value is -2.77. The fraction of sp³-hybridized carbons (Fsp3) is 0.143. The fourth-order valence-corrected chi connectivity index (χ4v) is 2.37. The van der Waals surface area contributed by atoms with Gasteiger partial charge in [0.05, 0.1) is 5.56 Å². The van der Waals surface area contributed by atoms with E-state index in [1.165, 1.54) is 16.8 Å². The number of hydrogen-bond acceptors (Lipinski definition) is 3. The van der Waals surface area contributed by atoms with Crippen LogP contribution in [0.3, 0.4) is 0 Å². The Balaban J connectivity index is 2.32. The second-order valence-electron chi connectivity index (χ2n) is 4.73. The summed E-state index contributed by atoms with van der Waals surface area (Å²) in [7, 11) is 1.60. The molecule has 0 amide bonds. The van der Waals surface area contributed by atoms with E-state index >= 15 is 0 Å². The van der Waals surface area contributed by atoms with Crippen molar-refractivity contribution in [3.8, 4) is 11.3 Å². The van der Waals surface area contributed by atoms with Gasteiger partial charge in [0.1, 0.15) is 0 Å². The largest absolute Gasteiger partial charge is 0.476 e. The van der Waals surface area contributed by atoms with Crippen molar-refractivity contribution in [2.45, 2.75) is 6.18 Å². The van der Waals surface area contributed by atoms with Crippen LogP contribution in [0.5, 0.6) is 0 Å². The molecule has 0 aliphatic heterocycles. The number of nitrogens with zero attached hydrogens (tertiary/aromatic N) is 2. The van der Waals surface area contributed by atoms with Gasteiger partial charge in [-0.05, 0) is 12.1 Å². The number of rotatable bonds is 2. The quantitative estimate of drug-likeness (QED) is 0.786. The number of carbonyl (C=O) groups is 1. The smallest absolute Gasteiger partial charge is 0.417 e. The lowest BCUT2D eigenvalue weighted by Gasteiger charge is -2.09. The normalized spacial score (nSPS) is 12.0. The summed E-state index contributed by atoms with van der Waals surface area (Å²) >= 11 is 0. The van der Waals surface area contributed by atoms with Crippen LogP contribution in [0.4, 0.5) is 13.2 Å². The summed E-state index contributed by atoms with van der Waals surface area (Å²) in [6.07, 6.45) is -3.09. The van der Waals surface area contributed by atoms with E-state index in [1.54, 1.807) is 13.1 Å². The topological polar surface area (TPSA) is 68.3 Å². The van der Waals surface area contributed by atoms with Crippen molar-refractivity contribution in [3.05, 3.63) is 41.7 Å². The van der Waals surface area contributed by atoms with E-state index in [9.17, 15) is 18.0 Å². The molecule has 0 unspecified atom stereocenters. The molecule has 8 heteroatoms. The van der Waals surface area contributed by atoms with Crippen LogP contribution in [-0.2, 0) is 13.2 Å². The molecule has 0 fully saturated rings. The van der Waals surface area contributed by atoms with Crippen molar-refractivity contribution < 1.29 is 27.6 Å². The zero-order valence-electron chi connectivity index (χ0n) is 11.2.